The fourth-order valence-electron chi connectivity index (χ4n) is 3.99. The average molecular weight is 471 g/mol. The van der Waals surface area contributed by atoms with Crippen molar-refractivity contribution in [2.24, 2.45) is 17.4 Å². The van der Waals surface area contributed by atoms with Crippen LogP contribution >= 0.6 is 0 Å². The second kappa shape index (κ2) is 12.3. The quantitative estimate of drug-likeness (QED) is 0.279. The van der Waals surface area contributed by atoms with Crippen LogP contribution in [-0.2, 0) is 28.6 Å². The summed E-state index contributed by atoms with van der Waals surface area (Å²) in [6.07, 6.45) is -0.0677. The highest BCUT2D eigenvalue weighted by molar-refractivity contribution is 5.81. The normalized spacial score (nSPS) is 14.1. The molecule has 1 aliphatic rings. The first kappa shape index (κ1) is 25.4. The number of fused-ring (bicyclic) bond motifs is 3. The van der Waals surface area contributed by atoms with E-state index in [1.807, 2.05) is 36.4 Å². The monoisotopic (exact) mass is 470 g/mol. The molecule has 0 spiro atoms. The van der Waals surface area contributed by atoms with Gasteiger partial charge in [0, 0.05) is 18.9 Å². The van der Waals surface area contributed by atoms with Gasteiger partial charge in [-0.2, -0.15) is 0 Å². The van der Waals surface area contributed by atoms with E-state index in [9.17, 15) is 14.4 Å². The Morgan fingerprint density at radius 3 is 2.09 bits per heavy atom. The predicted molar refractivity (Wildman–Crippen MR) is 124 cm³/mol. The number of benzene rings is 2. The molecule has 0 radical (unpaired) electrons. The van der Waals surface area contributed by atoms with E-state index in [0.29, 0.717) is 0 Å². The molecule has 3 rings (SSSR count). The van der Waals surface area contributed by atoms with Crippen molar-refractivity contribution in [1.29, 1.82) is 0 Å². The fourth-order valence-corrected chi connectivity index (χ4v) is 3.99. The lowest BCUT2D eigenvalue weighted by Crippen LogP contribution is -2.37. The van der Waals surface area contributed by atoms with Crippen molar-refractivity contribution in [3.63, 3.8) is 0 Å². The zero-order valence-corrected chi connectivity index (χ0v) is 18.9. The molecule has 2 unspecified atom stereocenters. The van der Waals surface area contributed by atoms with Crippen LogP contribution in [0.5, 0.6) is 0 Å². The van der Waals surface area contributed by atoms with Crippen LogP contribution in [0.25, 0.3) is 11.1 Å². The third-order valence-electron chi connectivity index (χ3n) is 5.73. The fraction of sp³-hybridized carbons (Fsp3) is 0.400. The number of carboxylic acid groups (broad SMARTS) is 1. The van der Waals surface area contributed by atoms with Crippen LogP contribution in [0.2, 0.25) is 0 Å². The van der Waals surface area contributed by atoms with Crippen LogP contribution in [0.3, 0.4) is 0 Å². The third-order valence-corrected chi connectivity index (χ3v) is 5.73. The molecular weight excluding hydrogens is 440 g/mol. The Kier molecular flexibility index (Phi) is 9.15. The molecule has 1 aliphatic carbocycles. The molecule has 34 heavy (non-hydrogen) atoms. The van der Waals surface area contributed by atoms with E-state index in [2.05, 4.69) is 12.1 Å². The molecule has 0 heterocycles. The molecule has 9 nitrogen and oxygen atoms in total. The number of carbonyl (C=O) groups is 3. The van der Waals surface area contributed by atoms with Gasteiger partial charge in [-0.3, -0.25) is 14.4 Å². The summed E-state index contributed by atoms with van der Waals surface area (Å²) in [6, 6.07) is 15.2. The minimum atomic E-state index is -1.09. The number of ether oxygens (including phenoxy) is 3. The Balaban J connectivity index is 1.35. The van der Waals surface area contributed by atoms with E-state index in [-0.39, 0.29) is 51.8 Å². The topological polar surface area (TPSA) is 151 Å². The summed E-state index contributed by atoms with van der Waals surface area (Å²) >= 11 is 0. The summed E-state index contributed by atoms with van der Waals surface area (Å²) in [5.41, 5.74) is 15.5. The van der Waals surface area contributed by atoms with Crippen molar-refractivity contribution in [2.75, 3.05) is 33.0 Å². The molecule has 2 atom stereocenters. The van der Waals surface area contributed by atoms with Crippen molar-refractivity contribution in [3.05, 3.63) is 59.7 Å². The van der Waals surface area contributed by atoms with Gasteiger partial charge in [-0.15, -0.1) is 0 Å². The molecule has 0 fully saturated rings. The molecule has 0 saturated heterocycles. The molecule has 9 heteroatoms. The van der Waals surface area contributed by atoms with E-state index < -0.39 is 29.8 Å². The first-order chi connectivity index (χ1) is 16.4. The lowest BCUT2D eigenvalue weighted by atomic mass is 9.98. The number of hydrogen-bond donors (Lipinski definition) is 3. The van der Waals surface area contributed by atoms with E-state index in [0.717, 1.165) is 22.3 Å². The number of carbonyl (C=O) groups excluding carboxylic acids is 2. The average Bonchev–Trinajstić information content (AvgIpc) is 3.14. The highest BCUT2D eigenvalue weighted by Gasteiger charge is 2.29. The van der Waals surface area contributed by atoms with Gasteiger partial charge in [0.05, 0.1) is 25.7 Å². The SMILES string of the molecule is NC(=O)CC(CCOCCOCC(N)C(=O)OCC1c2ccccc2-c2ccccc21)C(=O)O. The summed E-state index contributed by atoms with van der Waals surface area (Å²) in [5.74, 6) is -3.22. The lowest BCUT2D eigenvalue weighted by Gasteiger charge is -2.17. The van der Waals surface area contributed by atoms with Gasteiger partial charge in [0.25, 0.3) is 0 Å². The Labute approximate surface area is 198 Å². The molecule has 1 amide bonds. The van der Waals surface area contributed by atoms with Crippen LogP contribution in [0, 0.1) is 5.92 Å². The van der Waals surface area contributed by atoms with Crippen molar-refractivity contribution in [1.82, 2.24) is 0 Å². The Morgan fingerprint density at radius 1 is 0.912 bits per heavy atom. The third kappa shape index (κ3) is 6.63. The molecule has 0 bridgehead atoms. The van der Waals surface area contributed by atoms with Crippen LogP contribution < -0.4 is 11.5 Å². The summed E-state index contributed by atoms with van der Waals surface area (Å²) in [6.45, 7) is 0.684. The molecular formula is C25H30N2O7. The van der Waals surface area contributed by atoms with Crippen LogP contribution in [0.4, 0.5) is 0 Å². The van der Waals surface area contributed by atoms with Crippen molar-refractivity contribution >= 4 is 17.8 Å². The number of aliphatic carboxylic acids is 1. The van der Waals surface area contributed by atoms with Crippen LogP contribution in [-0.4, -0.2) is 62.0 Å². The van der Waals surface area contributed by atoms with Crippen molar-refractivity contribution in [3.8, 4) is 11.1 Å². The van der Waals surface area contributed by atoms with Crippen LogP contribution in [0.1, 0.15) is 29.9 Å². The van der Waals surface area contributed by atoms with Crippen LogP contribution in [0.15, 0.2) is 48.5 Å². The van der Waals surface area contributed by atoms with Gasteiger partial charge in [-0.25, -0.2) is 0 Å². The Morgan fingerprint density at radius 2 is 1.50 bits per heavy atom. The smallest absolute Gasteiger partial charge is 0.325 e. The van der Waals surface area contributed by atoms with Crippen molar-refractivity contribution < 1.29 is 33.7 Å². The highest BCUT2D eigenvalue weighted by atomic mass is 16.5. The zero-order chi connectivity index (χ0) is 24.5. The number of nitrogens with two attached hydrogens (primary N) is 2. The lowest BCUT2D eigenvalue weighted by molar-refractivity contribution is -0.147. The highest BCUT2D eigenvalue weighted by Crippen LogP contribution is 2.44. The standard InChI is InChI=1S/C25H30N2O7/c26-22(15-33-12-11-32-10-9-16(24(29)30)13-23(27)28)25(31)34-14-21-19-7-3-1-5-17(19)18-6-2-4-8-20(18)21/h1-8,16,21-22H,9-15,26H2,(H2,27,28)(H,29,30). The molecule has 0 saturated carbocycles. The maximum Gasteiger partial charge on any atom is 0.325 e. The summed E-state index contributed by atoms with van der Waals surface area (Å²) in [4.78, 5) is 34.3. The maximum absolute atomic E-state index is 12.4. The van der Waals surface area contributed by atoms with Gasteiger partial charge in [-0.1, -0.05) is 48.5 Å². The molecule has 0 aliphatic heterocycles. The zero-order valence-electron chi connectivity index (χ0n) is 18.9. The van der Waals surface area contributed by atoms with Gasteiger partial charge >= 0.3 is 11.9 Å². The van der Waals surface area contributed by atoms with Gasteiger partial charge in [0.2, 0.25) is 5.91 Å². The van der Waals surface area contributed by atoms with Gasteiger partial charge in [0.15, 0.2) is 0 Å². The van der Waals surface area contributed by atoms with E-state index in [4.69, 9.17) is 30.8 Å². The van der Waals surface area contributed by atoms with Gasteiger partial charge in [0.1, 0.15) is 12.6 Å². The van der Waals surface area contributed by atoms with E-state index in [1.54, 1.807) is 0 Å². The number of esters is 1. The largest absolute Gasteiger partial charge is 0.481 e. The number of primary amides is 1. The summed E-state index contributed by atoms with van der Waals surface area (Å²) in [7, 11) is 0. The first-order valence-electron chi connectivity index (χ1n) is 11.2. The molecule has 0 aromatic heterocycles. The molecule has 5 N–H and O–H groups in total. The second-order valence-corrected chi connectivity index (χ2v) is 8.15. The minimum absolute atomic E-state index is 0.0283. The van der Waals surface area contributed by atoms with E-state index in [1.165, 1.54) is 0 Å². The van der Waals surface area contributed by atoms with Gasteiger partial charge in [-0.05, 0) is 28.7 Å². The summed E-state index contributed by atoms with van der Waals surface area (Å²) in [5, 5.41) is 9.04. The van der Waals surface area contributed by atoms with Crippen molar-refractivity contribution in [2.45, 2.75) is 24.8 Å². The number of amides is 1. The maximum atomic E-state index is 12.4. The number of hydrogen-bond acceptors (Lipinski definition) is 7. The molecule has 182 valence electrons. The number of carboxylic acids is 1. The summed E-state index contributed by atoms with van der Waals surface area (Å²) < 4.78 is 16.2. The minimum Gasteiger partial charge on any atom is -0.481 e. The number of rotatable bonds is 14. The second-order valence-electron chi connectivity index (χ2n) is 8.15. The van der Waals surface area contributed by atoms with E-state index >= 15 is 0 Å². The predicted octanol–water partition coefficient (Wildman–Crippen LogP) is 1.67. The Hall–Kier alpha value is -3.27. The van der Waals surface area contributed by atoms with Gasteiger partial charge < -0.3 is 30.8 Å². The molecule has 2 aromatic rings. The first-order valence-corrected chi connectivity index (χ1v) is 11.2. The molecule has 2 aromatic carbocycles. The Bertz CT molecular complexity index is 965.